The number of rotatable bonds is 7. The number of benzene rings is 2. The SMILES string of the molecule is COc1ccc(-c2nnc(C(C)(C)Oc3c(F)cc(C(N)=O)cc3OC)n2C)c(C(F)(F)F)c1. The molecule has 12 heteroatoms. The quantitative estimate of drug-likeness (QED) is 0.510. The Morgan fingerprint density at radius 2 is 1.74 bits per heavy atom. The highest BCUT2D eigenvalue weighted by molar-refractivity contribution is 5.93. The van der Waals surface area contributed by atoms with E-state index in [1.54, 1.807) is 0 Å². The number of halogens is 4. The van der Waals surface area contributed by atoms with Gasteiger partial charge in [0.1, 0.15) is 5.75 Å². The van der Waals surface area contributed by atoms with Gasteiger partial charge in [0, 0.05) is 18.2 Å². The topological polar surface area (TPSA) is 101 Å². The summed E-state index contributed by atoms with van der Waals surface area (Å²) in [6.45, 7) is 3.06. The maximum atomic E-state index is 14.7. The van der Waals surface area contributed by atoms with Crippen LogP contribution in [0.2, 0.25) is 0 Å². The average molecular weight is 482 g/mol. The number of hydrogen-bond donors (Lipinski definition) is 1. The Bertz CT molecular complexity index is 1240. The number of alkyl halides is 3. The molecule has 0 saturated heterocycles. The molecule has 2 aromatic carbocycles. The minimum absolute atomic E-state index is 0.0316. The minimum atomic E-state index is -4.68. The van der Waals surface area contributed by atoms with E-state index in [-0.39, 0.29) is 40.0 Å². The van der Waals surface area contributed by atoms with Crippen molar-refractivity contribution in [1.29, 1.82) is 0 Å². The van der Waals surface area contributed by atoms with E-state index < -0.39 is 29.1 Å². The van der Waals surface area contributed by atoms with Gasteiger partial charge in [-0.25, -0.2) is 4.39 Å². The first-order valence-corrected chi connectivity index (χ1v) is 9.82. The molecule has 182 valence electrons. The van der Waals surface area contributed by atoms with Gasteiger partial charge in [-0.3, -0.25) is 4.79 Å². The van der Waals surface area contributed by atoms with Gasteiger partial charge >= 0.3 is 6.18 Å². The number of amides is 1. The van der Waals surface area contributed by atoms with E-state index in [0.29, 0.717) is 0 Å². The zero-order chi connectivity index (χ0) is 25.4. The number of nitrogens with two attached hydrogens (primary N) is 1. The summed E-state index contributed by atoms with van der Waals surface area (Å²) < 4.78 is 73.0. The summed E-state index contributed by atoms with van der Waals surface area (Å²) in [7, 11) is 3.98. The Balaban J connectivity index is 2.07. The predicted octanol–water partition coefficient (Wildman–Crippen LogP) is 4.07. The second kappa shape index (κ2) is 8.84. The van der Waals surface area contributed by atoms with Crippen molar-refractivity contribution in [2.24, 2.45) is 12.8 Å². The highest BCUT2D eigenvalue weighted by Gasteiger charge is 2.37. The van der Waals surface area contributed by atoms with Gasteiger partial charge in [0.2, 0.25) is 5.91 Å². The van der Waals surface area contributed by atoms with Crippen LogP contribution in [0.15, 0.2) is 30.3 Å². The molecule has 0 radical (unpaired) electrons. The van der Waals surface area contributed by atoms with Crippen LogP contribution in [0.5, 0.6) is 17.2 Å². The standard InChI is InChI=1S/C22H22F4N4O4/c1-21(2,34-17-15(23)8-11(18(27)31)9-16(17)33-5)20-29-28-19(30(20)3)13-7-6-12(32-4)10-14(13)22(24,25)26/h6-10H,1-5H3,(H2,27,31). The van der Waals surface area contributed by atoms with Gasteiger partial charge in [0.15, 0.2) is 34.6 Å². The van der Waals surface area contributed by atoms with E-state index in [2.05, 4.69) is 10.2 Å². The first-order chi connectivity index (χ1) is 15.8. The first-order valence-electron chi connectivity index (χ1n) is 9.82. The van der Waals surface area contributed by atoms with Crippen molar-refractivity contribution < 1.29 is 36.6 Å². The van der Waals surface area contributed by atoms with Crippen LogP contribution < -0.4 is 19.9 Å². The molecule has 0 unspecified atom stereocenters. The third-order valence-corrected chi connectivity index (χ3v) is 5.06. The van der Waals surface area contributed by atoms with Crippen molar-refractivity contribution in [1.82, 2.24) is 14.8 Å². The molecule has 0 spiro atoms. The minimum Gasteiger partial charge on any atom is -0.497 e. The summed E-state index contributed by atoms with van der Waals surface area (Å²) in [6.07, 6.45) is -4.68. The molecule has 34 heavy (non-hydrogen) atoms. The number of primary amides is 1. The number of methoxy groups -OCH3 is 2. The molecule has 1 aromatic heterocycles. The zero-order valence-corrected chi connectivity index (χ0v) is 19.0. The fourth-order valence-corrected chi connectivity index (χ4v) is 3.43. The highest BCUT2D eigenvalue weighted by Crippen LogP contribution is 2.40. The Hall–Kier alpha value is -3.83. The molecule has 0 bridgehead atoms. The normalized spacial score (nSPS) is 11.9. The lowest BCUT2D eigenvalue weighted by atomic mass is 10.0. The van der Waals surface area contributed by atoms with Crippen LogP contribution in [-0.2, 0) is 18.8 Å². The molecule has 8 nitrogen and oxygen atoms in total. The van der Waals surface area contributed by atoms with Gasteiger partial charge < -0.3 is 24.5 Å². The molecule has 0 aliphatic carbocycles. The van der Waals surface area contributed by atoms with E-state index >= 15 is 0 Å². The smallest absolute Gasteiger partial charge is 0.417 e. The Morgan fingerprint density at radius 3 is 2.29 bits per heavy atom. The van der Waals surface area contributed by atoms with Crippen LogP contribution in [0.4, 0.5) is 17.6 Å². The largest absolute Gasteiger partial charge is 0.497 e. The molecule has 3 rings (SSSR count). The molecule has 0 fully saturated rings. The number of carbonyl (C=O) groups is 1. The molecule has 3 aromatic rings. The molecule has 0 aliphatic rings. The van der Waals surface area contributed by atoms with Gasteiger partial charge in [0.25, 0.3) is 0 Å². The summed E-state index contributed by atoms with van der Waals surface area (Å²) in [5, 5.41) is 7.94. The van der Waals surface area contributed by atoms with Crippen molar-refractivity contribution in [3.05, 3.63) is 53.1 Å². The molecular weight excluding hydrogens is 460 g/mol. The van der Waals surface area contributed by atoms with Gasteiger partial charge in [-0.2, -0.15) is 13.2 Å². The summed E-state index contributed by atoms with van der Waals surface area (Å²) in [5.41, 5.74) is 2.52. The van der Waals surface area contributed by atoms with E-state index in [9.17, 15) is 22.4 Å². The van der Waals surface area contributed by atoms with Crippen LogP contribution in [-0.4, -0.2) is 34.9 Å². The zero-order valence-electron chi connectivity index (χ0n) is 19.0. The van der Waals surface area contributed by atoms with Crippen LogP contribution in [0.1, 0.15) is 35.6 Å². The summed E-state index contributed by atoms with van der Waals surface area (Å²) >= 11 is 0. The second-order valence-electron chi connectivity index (χ2n) is 7.78. The molecule has 1 heterocycles. The summed E-state index contributed by atoms with van der Waals surface area (Å²) in [5.74, 6) is -2.16. The monoisotopic (exact) mass is 482 g/mol. The second-order valence-corrected chi connectivity index (χ2v) is 7.78. The molecule has 0 saturated carbocycles. The van der Waals surface area contributed by atoms with Crippen molar-refractivity contribution in [2.75, 3.05) is 14.2 Å². The third kappa shape index (κ3) is 4.61. The number of ether oxygens (including phenoxy) is 3. The molecular formula is C22H22F4N4O4. The lowest BCUT2D eigenvalue weighted by Gasteiger charge is -2.27. The van der Waals surface area contributed by atoms with E-state index in [0.717, 1.165) is 12.1 Å². The van der Waals surface area contributed by atoms with Crippen molar-refractivity contribution >= 4 is 5.91 Å². The van der Waals surface area contributed by atoms with Crippen LogP contribution >= 0.6 is 0 Å². The maximum Gasteiger partial charge on any atom is 0.417 e. The lowest BCUT2D eigenvalue weighted by Crippen LogP contribution is -2.30. The van der Waals surface area contributed by atoms with E-state index in [1.807, 2.05) is 0 Å². The maximum absolute atomic E-state index is 14.7. The first kappa shape index (κ1) is 24.8. The fourth-order valence-electron chi connectivity index (χ4n) is 3.43. The van der Waals surface area contributed by atoms with Gasteiger partial charge in [-0.15, -0.1) is 10.2 Å². The van der Waals surface area contributed by atoms with Gasteiger partial charge in [-0.05, 0) is 44.2 Å². The van der Waals surface area contributed by atoms with E-state index in [1.165, 1.54) is 57.9 Å². The third-order valence-electron chi connectivity index (χ3n) is 5.06. The Morgan fingerprint density at radius 1 is 1.06 bits per heavy atom. The van der Waals surface area contributed by atoms with Gasteiger partial charge in [0.05, 0.1) is 19.8 Å². The van der Waals surface area contributed by atoms with E-state index in [4.69, 9.17) is 19.9 Å². The Labute approximate surface area is 192 Å². The number of aromatic nitrogens is 3. The summed E-state index contributed by atoms with van der Waals surface area (Å²) in [6, 6.07) is 5.58. The van der Waals surface area contributed by atoms with Crippen molar-refractivity contribution in [3.63, 3.8) is 0 Å². The predicted molar refractivity (Wildman–Crippen MR) is 113 cm³/mol. The molecule has 0 atom stereocenters. The number of carbonyl (C=O) groups excluding carboxylic acids is 1. The molecule has 1 amide bonds. The number of nitrogens with zero attached hydrogens (tertiary/aromatic N) is 3. The van der Waals surface area contributed by atoms with Crippen LogP contribution in [0, 0.1) is 5.82 Å². The van der Waals surface area contributed by atoms with Crippen LogP contribution in [0.25, 0.3) is 11.4 Å². The number of hydrogen-bond acceptors (Lipinski definition) is 6. The summed E-state index contributed by atoms with van der Waals surface area (Å²) in [4.78, 5) is 11.4. The average Bonchev–Trinajstić information content (AvgIpc) is 3.15. The van der Waals surface area contributed by atoms with Crippen molar-refractivity contribution in [3.8, 4) is 28.6 Å². The molecule has 2 N–H and O–H groups in total. The fraction of sp³-hybridized carbons (Fsp3) is 0.318. The van der Waals surface area contributed by atoms with Crippen molar-refractivity contribution in [2.45, 2.75) is 25.6 Å². The molecule has 0 aliphatic heterocycles. The highest BCUT2D eigenvalue weighted by atomic mass is 19.4. The van der Waals surface area contributed by atoms with Crippen LogP contribution in [0.3, 0.4) is 0 Å². The lowest BCUT2D eigenvalue weighted by molar-refractivity contribution is -0.137. The van der Waals surface area contributed by atoms with Gasteiger partial charge in [-0.1, -0.05) is 0 Å². The Kier molecular flexibility index (Phi) is 6.45.